The molecule has 0 aliphatic rings. The zero-order valence-electron chi connectivity index (χ0n) is 9.14. The third-order valence-corrected chi connectivity index (χ3v) is 2.41. The number of aliphatic carboxylic acids is 1. The summed E-state index contributed by atoms with van der Waals surface area (Å²) in [5, 5.41) is 12.2. The molecule has 0 aliphatic heterocycles. The zero-order valence-corrected chi connectivity index (χ0v) is 9.90. The molecule has 0 aromatic carbocycles. The van der Waals surface area contributed by atoms with Gasteiger partial charge in [-0.05, 0) is 5.92 Å². The maximum Gasteiger partial charge on any atom is 0.308 e. The molecule has 0 spiro atoms. The smallest absolute Gasteiger partial charge is 0.308 e. The molecule has 0 radical (unpaired) electrons. The first-order valence-electron chi connectivity index (χ1n) is 4.95. The van der Waals surface area contributed by atoms with Crippen molar-refractivity contribution in [3.8, 4) is 0 Å². The number of anilines is 1. The minimum Gasteiger partial charge on any atom is -0.481 e. The highest BCUT2D eigenvalue weighted by Gasteiger charge is 2.21. The molecule has 1 unspecified atom stereocenters. The summed E-state index contributed by atoms with van der Waals surface area (Å²) in [5.41, 5.74) is 0. The summed E-state index contributed by atoms with van der Waals surface area (Å²) in [6, 6.07) is 0. The molecular formula is C10H14ClN3O2. The Morgan fingerprint density at radius 1 is 1.56 bits per heavy atom. The fourth-order valence-corrected chi connectivity index (χ4v) is 1.40. The van der Waals surface area contributed by atoms with E-state index in [4.69, 9.17) is 16.7 Å². The van der Waals surface area contributed by atoms with Crippen molar-refractivity contribution < 1.29 is 9.90 Å². The molecular weight excluding hydrogens is 230 g/mol. The van der Waals surface area contributed by atoms with Gasteiger partial charge >= 0.3 is 5.97 Å². The van der Waals surface area contributed by atoms with Gasteiger partial charge in [0.2, 0.25) is 0 Å². The fourth-order valence-electron chi connectivity index (χ4n) is 1.25. The van der Waals surface area contributed by atoms with Crippen LogP contribution in [0.1, 0.15) is 13.8 Å². The predicted molar refractivity (Wildman–Crippen MR) is 61.5 cm³/mol. The summed E-state index contributed by atoms with van der Waals surface area (Å²) < 4.78 is 0. The van der Waals surface area contributed by atoms with E-state index in [0.29, 0.717) is 12.4 Å². The minimum absolute atomic E-state index is 0.0529. The van der Waals surface area contributed by atoms with Gasteiger partial charge in [0.25, 0.3) is 0 Å². The molecule has 88 valence electrons. The topological polar surface area (TPSA) is 75.1 Å². The Morgan fingerprint density at radius 3 is 2.75 bits per heavy atom. The Bertz CT molecular complexity index is 371. The minimum atomic E-state index is -0.822. The molecule has 1 heterocycles. The SMILES string of the molecule is CC(C)C(CNc1cncc(Cl)n1)C(=O)O. The molecule has 0 aliphatic carbocycles. The molecule has 0 amide bonds. The lowest BCUT2D eigenvalue weighted by atomic mass is 9.96. The van der Waals surface area contributed by atoms with E-state index in [0.717, 1.165) is 0 Å². The number of nitrogens with one attached hydrogen (secondary N) is 1. The number of carboxylic acids is 1. The summed E-state index contributed by atoms with van der Waals surface area (Å²) in [6.07, 6.45) is 2.93. The molecule has 0 saturated carbocycles. The first-order chi connectivity index (χ1) is 7.50. The van der Waals surface area contributed by atoms with Crippen molar-refractivity contribution in [2.45, 2.75) is 13.8 Å². The van der Waals surface area contributed by atoms with Crippen LogP contribution in [-0.2, 0) is 4.79 Å². The average Bonchev–Trinajstić information content (AvgIpc) is 2.16. The highest BCUT2D eigenvalue weighted by Crippen LogP contribution is 2.13. The molecule has 2 N–H and O–H groups in total. The van der Waals surface area contributed by atoms with Crippen LogP contribution in [0.3, 0.4) is 0 Å². The Morgan fingerprint density at radius 2 is 2.25 bits per heavy atom. The van der Waals surface area contributed by atoms with Gasteiger partial charge in [0.05, 0.1) is 18.3 Å². The highest BCUT2D eigenvalue weighted by molar-refractivity contribution is 6.29. The number of aromatic nitrogens is 2. The van der Waals surface area contributed by atoms with Crippen molar-refractivity contribution in [1.29, 1.82) is 0 Å². The number of carbonyl (C=O) groups is 1. The van der Waals surface area contributed by atoms with E-state index in [2.05, 4.69) is 15.3 Å². The van der Waals surface area contributed by atoms with Crippen molar-refractivity contribution in [3.05, 3.63) is 17.5 Å². The lowest BCUT2D eigenvalue weighted by Crippen LogP contribution is -2.27. The average molecular weight is 244 g/mol. The number of carboxylic acid groups (broad SMARTS) is 1. The second-order valence-electron chi connectivity index (χ2n) is 3.80. The molecule has 1 aromatic heterocycles. The van der Waals surface area contributed by atoms with Crippen molar-refractivity contribution >= 4 is 23.4 Å². The largest absolute Gasteiger partial charge is 0.481 e. The van der Waals surface area contributed by atoms with Gasteiger partial charge in [-0.25, -0.2) is 4.98 Å². The number of nitrogens with zero attached hydrogens (tertiary/aromatic N) is 2. The second-order valence-corrected chi connectivity index (χ2v) is 4.18. The maximum absolute atomic E-state index is 10.9. The van der Waals surface area contributed by atoms with E-state index in [1.165, 1.54) is 12.4 Å². The molecule has 0 fully saturated rings. The summed E-state index contributed by atoms with van der Waals surface area (Å²) in [7, 11) is 0. The van der Waals surface area contributed by atoms with Crippen LogP contribution < -0.4 is 5.32 Å². The highest BCUT2D eigenvalue weighted by atomic mass is 35.5. The Hall–Kier alpha value is -1.36. The lowest BCUT2D eigenvalue weighted by molar-refractivity contribution is -0.142. The Kier molecular flexibility index (Phi) is 4.49. The van der Waals surface area contributed by atoms with Crippen LogP contribution in [0.5, 0.6) is 0 Å². The summed E-state index contributed by atoms with van der Waals surface area (Å²) >= 11 is 5.66. The monoisotopic (exact) mass is 243 g/mol. The molecule has 0 bridgehead atoms. The second kappa shape index (κ2) is 5.65. The van der Waals surface area contributed by atoms with E-state index in [-0.39, 0.29) is 11.1 Å². The third kappa shape index (κ3) is 3.66. The van der Waals surface area contributed by atoms with Crippen LogP contribution in [0.2, 0.25) is 5.15 Å². The summed E-state index contributed by atoms with van der Waals surface area (Å²) in [5.74, 6) is -0.741. The van der Waals surface area contributed by atoms with Gasteiger partial charge in [-0.1, -0.05) is 25.4 Å². The van der Waals surface area contributed by atoms with Crippen LogP contribution in [0.25, 0.3) is 0 Å². The fraction of sp³-hybridized carbons (Fsp3) is 0.500. The van der Waals surface area contributed by atoms with Crippen LogP contribution >= 0.6 is 11.6 Å². The van der Waals surface area contributed by atoms with Gasteiger partial charge in [0, 0.05) is 6.54 Å². The number of halogens is 1. The first kappa shape index (κ1) is 12.7. The molecule has 0 saturated heterocycles. The molecule has 5 nitrogen and oxygen atoms in total. The molecule has 16 heavy (non-hydrogen) atoms. The normalized spacial score (nSPS) is 12.5. The van der Waals surface area contributed by atoms with E-state index in [9.17, 15) is 4.79 Å². The van der Waals surface area contributed by atoms with Gasteiger partial charge in [0.1, 0.15) is 11.0 Å². The number of rotatable bonds is 5. The van der Waals surface area contributed by atoms with Crippen LogP contribution in [-0.4, -0.2) is 27.6 Å². The maximum atomic E-state index is 10.9. The molecule has 1 atom stereocenters. The van der Waals surface area contributed by atoms with E-state index in [1.54, 1.807) is 0 Å². The zero-order chi connectivity index (χ0) is 12.1. The van der Waals surface area contributed by atoms with E-state index in [1.807, 2.05) is 13.8 Å². The van der Waals surface area contributed by atoms with Crippen molar-refractivity contribution in [3.63, 3.8) is 0 Å². The summed E-state index contributed by atoms with van der Waals surface area (Å²) in [6.45, 7) is 4.04. The van der Waals surface area contributed by atoms with Crippen molar-refractivity contribution in [2.75, 3.05) is 11.9 Å². The quantitative estimate of drug-likeness (QED) is 0.826. The standard InChI is InChI=1S/C10H14ClN3O2/c1-6(2)7(10(15)16)3-13-9-5-12-4-8(11)14-9/h4-7H,3H2,1-2H3,(H,13,14)(H,15,16). The number of hydrogen-bond donors (Lipinski definition) is 2. The summed E-state index contributed by atoms with van der Waals surface area (Å²) in [4.78, 5) is 18.7. The molecule has 1 aromatic rings. The van der Waals surface area contributed by atoms with Crippen LogP contribution in [0.4, 0.5) is 5.82 Å². The Labute approximate surface area is 98.9 Å². The van der Waals surface area contributed by atoms with E-state index < -0.39 is 11.9 Å². The predicted octanol–water partition coefficient (Wildman–Crippen LogP) is 1.90. The number of hydrogen-bond acceptors (Lipinski definition) is 4. The van der Waals surface area contributed by atoms with Crippen molar-refractivity contribution in [1.82, 2.24) is 9.97 Å². The molecule has 1 rings (SSSR count). The van der Waals surface area contributed by atoms with Gasteiger partial charge in [-0.15, -0.1) is 0 Å². The van der Waals surface area contributed by atoms with Gasteiger partial charge in [0.15, 0.2) is 0 Å². The van der Waals surface area contributed by atoms with Crippen molar-refractivity contribution in [2.24, 2.45) is 11.8 Å². The Balaban J connectivity index is 2.59. The van der Waals surface area contributed by atoms with Gasteiger partial charge in [-0.3, -0.25) is 9.78 Å². The molecule has 6 heteroatoms. The van der Waals surface area contributed by atoms with Gasteiger partial charge in [-0.2, -0.15) is 0 Å². The first-order valence-corrected chi connectivity index (χ1v) is 5.32. The third-order valence-electron chi connectivity index (χ3n) is 2.23. The van der Waals surface area contributed by atoms with Gasteiger partial charge < -0.3 is 10.4 Å². The van der Waals surface area contributed by atoms with E-state index >= 15 is 0 Å². The van der Waals surface area contributed by atoms with Crippen LogP contribution in [0.15, 0.2) is 12.4 Å². The van der Waals surface area contributed by atoms with Crippen LogP contribution in [0, 0.1) is 11.8 Å². The lowest BCUT2D eigenvalue weighted by Gasteiger charge is -2.16.